The van der Waals surface area contributed by atoms with Crippen LogP contribution in [0.4, 0.5) is 0 Å². The summed E-state index contributed by atoms with van der Waals surface area (Å²) in [5.41, 5.74) is 0. The van der Waals surface area contributed by atoms with E-state index in [9.17, 15) is 43.2 Å². The lowest BCUT2D eigenvalue weighted by atomic mass is 9.99. The van der Waals surface area contributed by atoms with Crippen LogP contribution >= 0.6 is 15.6 Å². The number of esters is 4. The average molecular weight is 1310 g/mol. The smallest absolute Gasteiger partial charge is 0.462 e. The molecule has 0 fully saturated rings. The van der Waals surface area contributed by atoms with Gasteiger partial charge in [-0.05, 0) is 37.5 Å². The Kier molecular flexibility index (Phi) is 60.8. The van der Waals surface area contributed by atoms with Crippen LogP contribution in [0.25, 0.3) is 0 Å². The summed E-state index contributed by atoms with van der Waals surface area (Å²) in [5.74, 6) is -0.563. The first-order chi connectivity index (χ1) is 42.9. The molecule has 0 rings (SSSR count). The molecule has 6 atom stereocenters. The molecule has 0 spiro atoms. The second-order valence-electron chi connectivity index (χ2n) is 26.0. The van der Waals surface area contributed by atoms with Crippen molar-refractivity contribution in [3.63, 3.8) is 0 Å². The van der Waals surface area contributed by atoms with Crippen molar-refractivity contribution in [1.82, 2.24) is 0 Å². The highest BCUT2D eigenvalue weighted by molar-refractivity contribution is 7.47. The van der Waals surface area contributed by atoms with Crippen molar-refractivity contribution in [2.45, 2.75) is 374 Å². The number of aliphatic hydroxyl groups is 1. The maximum Gasteiger partial charge on any atom is 0.472 e. The summed E-state index contributed by atoms with van der Waals surface area (Å²) < 4.78 is 68.2. The van der Waals surface area contributed by atoms with Gasteiger partial charge in [0, 0.05) is 25.7 Å². The molecule has 0 radical (unpaired) electrons. The minimum atomic E-state index is -4.95. The number of hydrogen-bond donors (Lipinski definition) is 3. The highest BCUT2D eigenvalue weighted by Gasteiger charge is 2.30. The fourth-order valence-electron chi connectivity index (χ4n) is 10.6. The van der Waals surface area contributed by atoms with Gasteiger partial charge < -0.3 is 33.8 Å². The molecule has 89 heavy (non-hydrogen) atoms. The number of carbonyl (C=O) groups is 4. The fraction of sp³-hybridized carbons (Fsp3) is 0.943. The lowest BCUT2D eigenvalue weighted by molar-refractivity contribution is -0.161. The third-order valence-corrected chi connectivity index (χ3v) is 18.5. The maximum atomic E-state index is 13.0. The summed E-state index contributed by atoms with van der Waals surface area (Å²) in [4.78, 5) is 72.4. The number of unbranched alkanes of at least 4 members (excludes halogenated alkanes) is 38. The van der Waals surface area contributed by atoms with Crippen LogP contribution in [0.2, 0.25) is 0 Å². The first-order valence-corrected chi connectivity index (χ1v) is 39.5. The van der Waals surface area contributed by atoms with Gasteiger partial charge in [0.1, 0.15) is 19.3 Å². The van der Waals surface area contributed by atoms with Crippen molar-refractivity contribution in [2.75, 3.05) is 39.6 Å². The highest BCUT2D eigenvalue weighted by Crippen LogP contribution is 2.45. The van der Waals surface area contributed by atoms with Gasteiger partial charge in [0.25, 0.3) is 0 Å². The Balaban J connectivity index is 5.21. The van der Waals surface area contributed by atoms with Gasteiger partial charge in [-0.3, -0.25) is 37.3 Å². The predicted octanol–water partition coefficient (Wildman–Crippen LogP) is 20.0. The molecule has 0 aliphatic heterocycles. The van der Waals surface area contributed by atoms with Crippen LogP contribution in [0.5, 0.6) is 0 Å². The van der Waals surface area contributed by atoms with Gasteiger partial charge in [0.05, 0.1) is 26.4 Å². The van der Waals surface area contributed by atoms with Gasteiger partial charge in [-0.25, -0.2) is 9.13 Å². The Labute approximate surface area is 543 Å². The zero-order valence-corrected chi connectivity index (χ0v) is 59.5. The van der Waals surface area contributed by atoms with Crippen molar-refractivity contribution in [3.05, 3.63) is 0 Å². The maximum absolute atomic E-state index is 13.0. The summed E-state index contributed by atoms with van der Waals surface area (Å²) in [5, 5.41) is 10.6. The van der Waals surface area contributed by atoms with Crippen LogP contribution in [0.15, 0.2) is 0 Å². The molecule has 0 saturated carbocycles. The normalized spacial score (nSPS) is 14.4. The van der Waals surface area contributed by atoms with E-state index in [0.29, 0.717) is 25.7 Å². The van der Waals surface area contributed by atoms with Gasteiger partial charge in [-0.2, -0.15) is 0 Å². The van der Waals surface area contributed by atoms with E-state index in [1.165, 1.54) is 167 Å². The summed E-state index contributed by atoms with van der Waals surface area (Å²) in [6, 6.07) is 0. The SMILES string of the molecule is CCCCCCCCCCCCCCC(=O)OC[C@H](COP(=O)(O)OC[C@@H](O)COP(=O)(O)OC[C@@H](COC(=O)CCCCCCCCCC)OC(=O)CCCCCCCCCCC(C)C)OC(=O)CCCCCCCCCCCCCCCCC(C)CC. The molecule has 17 nitrogen and oxygen atoms in total. The molecule has 0 aromatic heterocycles. The Morgan fingerprint density at radius 3 is 0.854 bits per heavy atom. The van der Waals surface area contributed by atoms with Crippen molar-refractivity contribution in [3.8, 4) is 0 Å². The molecular formula is C70H136O17P2. The quantitative estimate of drug-likeness (QED) is 0.0222. The van der Waals surface area contributed by atoms with Crippen LogP contribution in [0.3, 0.4) is 0 Å². The van der Waals surface area contributed by atoms with E-state index in [2.05, 4.69) is 41.5 Å². The third-order valence-electron chi connectivity index (χ3n) is 16.6. The number of phosphoric acid groups is 2. The van der Waals surface area contributed by atoms with Gasteiger partial charge in [-0.1, -0.05) is 305 Å². The van der Waals surface area contributed by atoms with Crippen molar-refractivity contribution >= 4 is 39.5 Å². The van der Waals surface area contributed by atoms with Gasteiger partial charge in [0.2, 0.25) is 0 Å². The average Bonchev–Trinajstić information content (AvgIpc) is 3.52. The molecule has 3 unspecified atom stereocenters. The Hall–Kier alpha value is -1.94. The Bertz CT molecular complexity index is 1740. The zero-order chi connectivity index (χ0) is 65.7. The summed E-state index contributed by atoms with van der Waals surface area (Å²) in [7, 11) is -9.90. The topological polar surface area (TPSA) is 237 Å². The number of phosphoric ester groups is 2. The number of aliphatic hydroxyl groups excluding tert-OH is 1. The van der Waals surface area contributed by atoms with E-state index in [0.717, 1.165) is 108 Å². The standard InChI is InChI=1S/C70H136O17P2/c1-7-10-12-14-16-18-19-25-28-35-41-47-53-68(73)81-59-66(86-69(74)54-48-42-36-29-26-23-21-20-22-24-27-33-39-45-51-63(6)9-3)61-85-89(78,79)83-57-64(71)56-82-88(76,77)84-60-65(58-80-67(72)52-46-40-34-17-15-13-11-8-2)87-70(75)55-49-43-37-31-30-32-38-44-50-62(4)5/h62-66,71H,7-61H2,1-6H3,(H,76,77)(H,78,79)/t63?,64-,65+,66+/m0/s1. The largest absolute Gasteiger partial charge is 0.472 e. The van der Waals surface area contributed by atoms with Gasteiger partial charge in [-0.15, -0.1) is 0 Å². The van der Waals surface area contributed by atoms with E-state index in [4.69, 9.17) is 37.0 Å². The van der Waals surface area contributed by atoms with E-state index in [1.807, 2.05) is 0 Å². The lowest BCUT2D eigenvalue weighted by Gasteiger charge is -2.21. The summed E-state index contributed by atoms with van der Waals surface area (Å²) in [6.07, 6.45) is 47.2. The molecule has 0 amide bonds. The van der Waals surface area contributed by atoms with Crippen molar-refractivity contribution in [1.29, 1.82) is 0 Å². The highest BCUT2D eigenvalue weighted by atomic mass is 31.2. The second kappa shape index (κ2) is 62.2. The molecule has 0 aliphatic rings. The number of ether oxygens (including phenoxy) is 4. The van der Waals surface area contributed by atoms with Crippen molar-refractivity contribution in [2.24, 2.45) is 11.8 Å². The molecule has 0 aromatic rings. The monoisotopic (exact) mass is 1310 g/mol. The molecule has 3 N–H and O–H groups in total. The van der Waals surface area contributed by atoms with Crippen LogP contribution in [0.1, 0.15) is 356 Å². The molecule has 0 aliphatic carbocycles. The number of rotatable bonds is 69. The van der Waals surface area contributed by atoms with Gasteiger partial charge >= 0.3 is 39.5 Å². The van der Waals surface area contributed by atoms with Crippen molar-refractivity contribution < 1.29 is 80.2 Å². The number of hydrogen-bond acceptors (Lipinski definition) is 15. The summed E-state index contributed by atoms with van der Waals surface area (Å²) >= 11 is 0. The molecule has 0 saturated heterocycles. The first kappa shape index (κ1) is 87.1. The Morgan fingerprint density at radius 2 is 0.573 bits per heavy atom. The number of carbonyl (C=O) groups excluding carboxylic acids is 4. The Morgan fingerprint density at radius 1 is 0.326 bits per heavy atom. The minimum Gasteiger partial charge on any atom is -0.462 e. The second-order valence-corrected chi connectivity index (χ2v) is 28.9. The van der Waals surface area contributed by atoms with Crippen LogP contribution in [-0.4, -0.2) is 96.7 Å². The molecule has 0 bridgehead atoms. The zero-order valence-electron chi connectivity index (χ0n) is 57.7. The van der Waals surface area contributed by atoms with E-state index < -0.39 is 97.5 Å². The van der Waals surface area contributed by atoms with Crippen LogP contribution < -0.4 is 0 Å². The molecule has 528 valence electrons. The predicted molar refractivity (Wildman–Crippen MR) is 358 cm³/mol. The lowest BCUT2D eigenvalue weighted by Crippen LogP contribution is -2.30. The van der Waals surface area contributed by atoms with Crippen LogP contribution in [0, 0.1) is 11.8 Å². The molecule has 0 heterocycles. The molecular weight excluding hydrogens is 1170 g/mol. The van der Waals surface area contributed by atoms with Gasteiger partial charge in [0.15, 0.2) is 12.2 Å². The van der Waals surface area contributed by atoms with Crippen LogP contribution in [-0.2, 0) is 65.4 Å². The summed E-state index contributed by atoms with van der Waals surface area (Å²) in [6.45, 7) is 9.53. The van der Waals surface area contributed by atoms with E-state index in [1.54, 1.807) is 0 Å². The van der Waals surface area contributed by atoms with E-state index >= 15 is 0 Å². The molecule has 19 heteroatoms. The third kappa shape index (κ3) is 63.2. The first-order valence-electron chi connectivity index (χ1n) is 36.5. The fourth-order valence-corrected chi connectivity index (χ4v) is 12.1. The van der Waals surface area contributed by atoms with E-state index in [-0.39, 0.29) is 25.7 Å². The minimum absolute atomic E-state index is 0.104. The molecule has 0 aromatic carbocycles.